The predicted octanol–water partition coefficient (Wildman–Crippen LogP) is 4.87. The highest BCUT2D eigenvalue weighted by atomic mass is 16.5. The van der Waals surface area contributed by atoms with Crippen LogP contribution in [0.25, 0.3) is 0 Å². The van der Waals surface area contributed by atoms with E-state index in [2.05, 4.69) is 38.9 Å². The molecule has 5 rings (SSSR count). The number of nitrogens with zero attached hydrogens (tertiary/aromatic N) is 5. The molecule has 2 aromatic heterocycles. The molecule has 4 heterocycles. The minimum Gasteiger partial charge on any atom is -0.481 e. The smallest absolute Gasteiger partial charge is 0.321 e. The van der Waals surface area contributed by atoms with Gasteiger partial charge in [0.15, 0.2) is 11.7 Å². The van der Waals surface area contributed by atoms with Gasteiger partial charge in [0.2, 0.25) is 5.88 Å². The van der Waals surface area contributed by atoms with Crippen LogP contribution in [-0.2, 0) is 4.79 Å². The first-order valence-corrected chi connectivity index (χ1v) is 12.8. The number of hydrogen-bond acceptors (Lipinski definition) is 8. The number of carboxylic acids is 1. The van der Waals surface area contributed by atoms with Crippen LogP contribution in [0.5, 0.6) is 11.9 Å². The van der Waals surface area contributed by atoms with E-state index in [1.807, 2.05) is 6.20 Å². The normalized spacial score (nSPS) is 20.7. The molecule has 0 atom stereocenters. The van der Waals surface area contributed by atoms with Crippen LogP contribution in [0, 0.1) is 5.92 Å². The van der Waals surface area contributed by atoms with Crippen LogP contribution < -0.4 is 14.4 Å². The number of aromatic nitrogens is 3. The van der Waals surface area contributed by atoms with Gasteiger partial charge in [-0.2, -0.15) is 9.97 Å². The third-order valence-electron chi connectivity index (χ3n) is 7.12. The maximum Gasteiger partial charge on any atom is 0.321 e. The summed E-state index contributed by atoms with van der Waals surface area (Å²) >= 11 is 0. The summed E-state index contributed by atoms with van der Waals surface area (Å²) in [7, 11) is 0. The summed E-state index contributed by atoms with van der Waals surface area (Å²) in [6.07, 6.45) is 10.6. The van der Waals surface area contributed by atoms with Crippen molar-refractivity contribution in [2.24, 2.45) is 10.9 Å². The van der Waals surface area contributed by atoms with Crippen molar-refractivity contribution >= 4 is 23.3 Å². The van der Waals surface area contributed by atoms with Gasteiger partial charge in [-0.05, 0) is 50.2 Å². The van der Waals surface area contributed by atoms with Gasteiger partial charge in [0.1, 0.15) is 12.2 Å². The zero-order valence-electron chi connectivity index (χ0n) is 20.3. The van der Waals surface area contributed by atoms with E-state index in [1.165, 1.54) is 12.8 Å². The van der Waals surface area contributed by atoms with Crippen LogP contribution in [0.2, 0.25) is 0 Å². The number of unbranched alkanes of at least 4 members (excludes halogenated alkanes) is 3. The minimum absolute atomic E-state index is 0.276. The Labute approximate surface area is 205 Å². The van der Waals surface area contributed by atoms with E-state index in [1.54, 1.807) is 0 Å². The van der Waals surface area contributed by atoms with Crippen molar-refractivity contribution in [3.63, 3.8) is 0 Å². The second kappa shape index (κ2) is 10.6. The number of aliphatic imine (C=N–C) groups is 1. The van der Waals surface area contributed by atoms with Crippen LogP contribution in [0.4, 0.5) is 11.5 Å². The Kier molecular flexibility index (Phi) is 7.11. The Morgan fingerprint density at radius 2 is 2.03 bits per heavy atom. The highest BCUT2D eigenvalue weighted by Crippen LogP contribution is 2.40. The fraction of sp³-hybridized carbons (Fsp3) is 0.577. The number of rotatable bonds is 10. The molecule has 9 nitrogen and oxygen atoms in total. The largest absolute Gasteiger partial charge is 0.481 e. The molecule has 0 unspecified atom stereocenters. The van der Waals surface area contributed by atoms with Crippen LogP contribution >= 0.6 is 0 Å². The second-order valence-corrected chi connectivity index (χ2v) is 9.61. The first kappa shape index (κ1) is 23.5. The fourth-order valence-corrected chi connectivity index (χ4v) is 5.15. The average Bonchev–Trinajstić information content (AvgIpc) is 3.01. The Morgan fingerprint density at radius 3 is 2.77 bits per heavy atom. The lowest BCUT2D eigenvalue weighted by Crippen LogP contribution is -2.36. The van der Waals surface area contributed by atoms with E-state index in [4.69, 9.17) is 19.6 Å². The summed E-state index contributed by atoms with van der Waals surface area (Å²) in [6, 6.07) is 4.51. The molecule has 0 amide bonds. The van der Waals surface area contributed by atoms with Crippen LogP contribution in [-0.4, -0.2) is 51.6 Å². The lowest BCUT2D eigenvalue weighted by atomic mass is 9.79. The molecular weight excluding hydrogens is 446 g/mol. The molecule has 0 spiro atoms. The molecule has 0 saturated heterocycles. The molecule has 1 saturated carbocycles. The Hall–Kier alpha value is -3.23. The number of pyridine rings is 1. The van der Waals surface area contributed by atoms with Crippen molar-refractivity contribution in [3.8, 4) is 11.9 Å². The number of anilines is 1. The van der Waals surface area contributed by atoms with Gasteiger partial charge >= 0.3 is 12.0 Å². The van der Waals surface area contributed by atoms with Gasteiger partial charge < -0.3 is 19.5 Å². The van der Waals surface area contributed by atoms with Crippen molar-refractivity contribution in [2.45, 2.75) is 70.6 Å². The van der Waals surface area contributed by atoms with Gasteiger partial charge in [-0.25, -0.2) is 4.99 Å². The number of carbonyl (C=O) groups is 1. The number of amidine groups is 1. The molecule has 186 valence electrons. The fourth-order valence-electron chi connectivity index (χ4n) is 5.15. The standard InChI is InChI=1S/C26H33N5O4/c1-2-3-4-5-13-35-26-29-23-22-24(28-23)31(12-14-34-25(22)30-26)19-10-11-20(27-16-19)18-8-6-17(7-9-18)15-21(32)33/h10-11,16-18H,2-9,12-15H2,1H3,(H,32,33). The quantitative estimate of drug-likeness (QED) is 0.481. The minimum atomic E-state index is -0.697. The van der Waals surface area contributed by atoms with E-state index < -0.39 is 5.97 Å². The summed E-state index contributed by atoms with van der Waals surface area (Å²) in [5.74, 6) is 1.95. The zero-order valence-corrected chi connectivity index (χ0v) is 20.3. The molecular formula is C26H33N5O4. The lowest BCUT2D eigenvalue weighted by Gasteiger charge is -2.29. The highest BCUT2D eigenvalue weighted by Gasteiger charge is 2.35. The van der Waals surface area contributed by atoms with E-state index in [-0.39, 0.29) is 6.42 Å². The van der Waals surface area contributed by atoms with Crippen LogP contribution in [0.3, 0.4) is 0 Å². The Bertz CT molecular complexity index is 1080. The third-order valence-corrected chi connectivity index (χ3v) is 7.12. The summed E-state index contributed by atoms with van der Waals surface area (Å²) in [6.45, 7) is 3.91. The summed E-state index contributed by atoms with van der Waals surface area (Å²) < 4.78 is 11.7. The van der Waals surface area contributed by atoms with E-state index in [0.717, 1.165) is 61.3 Å². The highest BCUT2D eigenvalue weighted by molar-refractivity contribution is 6.20. The summed E-state index contributed by atoms with van der Waals surface area (Å²) in [4.78, 5) is 31.5. The molecule has 1 aliphatic carbocycles. The SMILES string of the molecule is CCCCCCOc1nc2c3c(n1)OCCN(c1ccc(C4CCC(CC(=O)O)CC4)nc1)C3=N2. The molecule has 3 aliphatic rings. The van der Waals surface area contributed by atoms with Crippen molar-refractivity contribution in [1.82, 2.24) is 15.0 Å². The van der Waals surface area contributed by atoms with Gasteiger partial charge in [-0.15, -0.1) is 0 Å². The Balaban J connectivity index is 1.22. The summed E-state index contributed by atoms with van der Waals surface area (Å²) in [5, 5.41) is 9.03. The molecule has 0 bridgehead atoms. The van der Waals surface area contributed by atoms with Crippen molar-refractivity contribution in [3.05, 3.63) is 29.6 Å². The average molecular weight is 480 g/mol. The lowest BCUT2D eigenvalue weighted by molar-refractivity contribution is -0.138. The van der Waals surface area contributed by atoms with Gasteiger partial charge in [-0.3, -0.25) is 9.78 Å². The molecule has 0 aromatic carbocycles. The number of hydrogen-bond donors (Lipinski definition) is 1. The topological polar surface area (TPSA) is 110 Å². The second-order valence-electron chi connectivity index (χ2n) is 9.61. The molecule has 1 fully saturated rings. The predicted molar refractivity (Wildman–Crippen MR) is 132 cm³/mol. The van der Waals surface area contributed by atoms with Crippen molar-refractivity contribution in [2.75, 3.05) is 24.7 Å². The van der Waals surface area contributed by atoms with Crippen LogP contribution in [0.1, 0.15) is 81.9 Å². The molecule has 2 aliphatic heterocycles. The number of carboxylic acid groups (broad SMARTS) is 1. The van der Waals surface area contributed by atoms with E-state index in [9.17, 15) is 4.79 Å². The zero-order chi connectivity index (χ0) is 24.2. The monoisotopic (exact) mass is 479 g/mol. The van der Waals surface area contributed by atoms with Gasteiger partial charge in [0.05, 0.1) is 25.0 Å². The van der Waals surface area contributed by atoms with Crippen molar-refractivity contribution < 1.29 is 19.4 Å². The molecule has 35 heavy (non-hydrogen) atoms. The molecule has 9 heteroatoms. The third kappa shape index (κ3) is 5.23. The molecule has 1 N–H and O–H groups in total. The van der Waals surface area contributed by atoms with Crippen LogP contribution in [0.15, 0.2) is 23.3 Å². The first-order chi connectivity index (χ1) is 17.1. The molecule has 2 aromatic rings. The number of aliphatic carboxylic acids is 1. The van der Waals surface area contributed by atoms with Gasteiger partial charge in [0.25, 0.3) is 0 Å². The van der Waals surface area contributed by atoms with E-state index in [0.29, 0.717) is 49.3 Å². The van der Waals surface area contributed by atoms with Gasteiger partial charge in [0, 0.05) is 18.0 Å². The first-order valence-electron chi connectivity index (χ1n) is 12.8. The summed E-state index contributed by atoms with van der Waals surface area (Å²) in [5.41, 5.74) is 2.88. The maximum atomic E-state index is 11.0. The van der Waals surface area contributed by atoms with E-state index >= 15 is 0 Å². The molecule has 0 radical (unpaired) electrons. The number of ether oxygens (including phenoxy) is 2. The Morgan fingerprint density at radius 1 is 1.17 bits per heavy atom. The maximum absolute atomic E-state index is 11.0. The van der Waals surface area contributed by atoms with Crippen molar-refractivity contribution in [1.29, 1.82) is 0 Å². The van der Waals surface area contributed by atoms with Gasteiger partial charge in [-0.1, -0.05) is 26.2 Å².